The summed E-state index contributed by atoms with van der Waals surface area (Å²) in [6, 6.07) is 3.64. The summed E-state index contributed by atoms with van der Waals surface area (Å²) in [5, 5.41) is 10.4. The van der Waals surface area contributed by atoms with E-state index >= 15 is 0 Å². The number of carbonyl (C=O) groups is 1. The summed E-state index contributed by atoms with van der Waals surface area (Å²) in [6.45, 7) is 2.02. The van der Waals surface area contributed by atoms with Gasteiger partial charge in [0.25, 0.3) is 0 Å². The highest BCUT2D eigenvalue weighted by molar-refractivity contribution is 6.30. The third-order valence-corrected chi connectivity index (χ3v) is 4.57. The van der Waals surface area contributed by atoms with Gasteiger partial charge in [0.15, 0.2) is 0 Å². The van der Waals surface area contributed by atoms with Gasteiger partial charge in [0, 0.05) is 10.6 Å². The van der Waals surface area contributed by atoms with Crippen molar-refractivity contribution in [3.8, 4) is 5.75 Å². The number of rotatable bonds is 4. The zero-order chi connectivity index (χ0) is 14.8. The van der Waals surface area contributed by atoms with E-state index in [4.69, 9.17) is 16.3 Å². The maximum Gasteiger partial charge on any atom is 0.314 e. The lowest BCUT2D eigenvalue weighted by Gasteiger charge is -2.35. The van der Waals surface area contributed by atoms with Crippen LogP contribution in [0.4, 0.5) is 0 Å². The molecule has 1 N–H and O–H groups in total. The van der Waals surface area contributed by atoms with Crippen molar-refractivity contribution in [1.29, 1.82) is 0 Å². The summed E-state index contributed by atoms with van der Waals surface area (Å²) in [5.74, 6) is -0.0685. The fourth-order valence-corrected chi connectivity index (χ4v) is 3.50. The quantitative estimate of drug-likeness (QED) is 0.906. The van der Waals surface area contributed by atoms with Gasteiger partial charge in [-0.05, 0) is 37.0 Å². The molecule has 0 aromatic heterocycles. The topological polar surface area (TPSA) is 46.5 Å². The van der Waals surface area contributed by atoms with Crippen LogP contribution in [0, 0.1) is 0 Å². The van der Waals surface area contributed by atoms with Crippen molar-refractivity contribution in [2.24, 2.45) is 0 Å². The van der Waals surface area contributed by atoms with Crippen molar-refractivity contribution in [1.82, 2.24) is 0 Å². The molecule has 1 aromatic rings. The van der Waals surface area contributed by atoms with Gasteiger partial charge in [-0.3, -0.25) is 4.79 Å². The fraction of sp³-hybridized carbons (Fsp3) is 0.562. The van der Waals surface area contributed by atoms with Gasteiger partial charge in [-0.15, -0.1) is 0 Å². The molecule has 0 amide bonds. The molecule has 0 radical (unpaired) electrons. The first-order valence-corrected chi connectivity index (χ1v) is 7.53. The molecule has 20 heavy (non-hydrogen) atoms. The van der Waals surface area contributed by atoms with Crippen LogP contribution < -0.4 is 4.74 Å². The van der Waals surface area contributed by atoms with Crippen molar-refractivity contribution in [2.75, 3.05) is 7.11 Å². The molecule has 3 nitrogen and oxygen atoms in total. The number of halogens is 1. The van der Waals surface area contributed by atoms with E-state index in [9.17, 15) is 9.90 Å². The summed E-state index contributed by atoms with van der Waals surface area (Å²) in [4.78, 5) is 12.0. The molecule has 1 aliphatic rings. The van der Waals surface area contributed by atoms with E-state index in [2.05, 4.69) is 0 Å². The first-order chi connectivity index (χ1) is 9.55. The van der Waals surface area contributed by atoms with Crippen LogP contribution in [-0.2, 0) is 16.6 Å². The van der Waals surface area contributed by atoms with Crippen LogP contribution in [0.3, 0.4) is 0 Å². The lowest BCUT2D eigenvalue weighted by Crippen LogP contribution is -2.38. The van der Waals surface area contributed by atoms with Gasteiger partial charge in [0.05, 0.1) is 12.5 Å². The van der Waals surface area contributed by atoms with E-state index in [1.54, 1.807) is 13.2 Å². The molecule has 1 aromatic carbocycles. The van der Waals surface area contributed by atoms with Gasteiger partial charge in [0.2, 0.25) is 0 Å². The van der Waals surface area contributed by atoms with Crippen LogP contribution in [0.5, 0.6) is 5.75 Å². The minimum absolute atomic E-state index is 0.587. The number of aliphatic carboxylic acids is 1. The second-order valence-corrected chi connectivity index (χ2v) is 5.88. The maximum atomic E-state index is 12.0. The molecule has 0 saturated heterocycles. The highest BCUT2D eigenvalue weighted by Gasteiger charge is 2.43. The van der Waals surface area contributed by atoms with Crippen molar-refractivity contribution in [3.63, 3.8) is 0 Å². The molecule has 0 spiro atoms. The Hall–Kier alpha value is -1.22. The summed E-state index contributed by atoms with van der Waals surface area (Å²) < 4.78 is 5.53. The maximum absolute atomic E-state index is 12.0. The molecule has 1 fully saturated rings. The minimum Gasteiger partial charge on any atom is -0.496 e. The van der Waals surface area contributed by atoms with Crippen LogP contribution in [0.15, 0.2) is 12.1 Å². The number of carboxylic acid groups (broad SMARTS) is 1. The average molecular weight is 297 g/mol. The molecule has 110 valence electrons. The average Bonchev–Trinajstić information content (AvgIpc) is 2.46. The molecule has 2 rings (SSSR count). The van der Waals surface area contributed by atoms with Crippen molar-refractivity contribution in [2.45, 2.75) is 50.9 Å². The van der Waals surface area contributed by atoms with Crippen molar-refractivity contribution < 1.29 is 14.6 Å². The Morgan fingerprint density at radius 3 is 2.50 bits per heavy atom. The zero-order valence-corrected chi connectivity index (χ0v) is 12.8. The molecule has 1 aliphatic carbocycles. The van der Waals surface area contributed by atoms with E-state index in [-0.39, 0.29) is 0 Å². The smallest absolute Gasteiger partial charge is 0.314 e. The van der Waals surface area contributed by atoms with Gasteiger partial charge < -0.3 is 9.84 Å². The van der Waals surface area contributed by atoms with Crippen molar-refractivity contribution in [3.05, 3.63) is 28.3 Å². The second kappa shape index (κ2) is 6.04. The predicted molar refractivity (Wildman–Crippen MR) is 79.8 cm³/mol. The standard InChI is InChI=1S/C16H21ClO3/c1-3-11-9-12(17)10-13(14(11)20-2)16(15(18)19)7-5-4-6-8-16/h9-10H,3-8H2,1-2H3,(H,18,19). The second-order valence-electron chi connectivity index (χ2n) is 5.45. The van der Waals surface area contributed by atoms with E-state index in [0.717, 1.165) is 36.8 Å². The summed E-state index contributed by atoms with van der Waals surface area (Å²) >= 11 is 6.20. The van der Waals surface area contributed by atoms with Gasteiger partial charge in [-0.1, -0.05) is 37.8 Å². The molecular weight excluding hydrogens is 276 g/mol. The fourth-order valence-electron chi connectivity index (χ4n) is 3.26. The normalized spacial score (nSPS) is 17.8. The van der Waals surface area contributed by atoms with Gasteiger partial charge in [-0.25, -0.2) is 0 Å². The summed E-state index contributed by atoms with van der Waals surface area (Å²) in [6.07, 6.45) is 5.04. The molecule has 0 bridgehead atoms. The Kier molecular flexibility index (Phi) is 4.59. The van der Waals surface area contributed by atoms with E-state index in [1.807, 2.05) is 13.0 Å². The Morgan fingerprint density at radius 1 is 1.35 bits per heavy atom. The number of hydrogen-bond acceptors (Lipinski definition) is 2. The Labute approximate surface area is 124 Å². The van der Waals surface area contributed by atoms with Gasteiger partial charge in [-0.2, -0.15) is 0 Å². The van der Waals surface area contributed by atoms with E-state index in [1.165, 1.54) is 0 Å². The number of benzene rings is 1. The number of methoxy groups -OCH3 is 1. The number of aryl methyl sites for hydroxylation is 1. The largest absolute Gasteiger partial charge is 0.496 e. The lowest BCUT2D eigenvalue weighted by molar-refractivity contribution is -0.145. The van der Waals surface area contributed by atoms with Gasteiger partial charge >= 0.3 is 5.97 Å². The SMILES string of the molecule is CCc1cc(Cl)cc(C2(C(=O)O)CCCCC2)c1OC. The molecule has 4 heteroatoms. The van der Waals surface area contributed by atoms with Crippen LogP contribution in [0.2, 0.25) is 5.02 Å². The first kappa shape index (κ1) is 15.2. The van der Waals surface area contributed by atoms with E-state index in [0.29, 0.717) is 23.6 Å². The monoisotopic (exact) mass is 296 g/mol. The Morgan fingerprint density at radius 2 is 2.00 bits per heavy atom. The third-order valence-electron chi connectivity index (χ3n) is 4.35. The van der Waals surface area contributed by atoms with Crippen LogP contribution in [0.1, 0.15) is 50.2 Å². The highest BCUT2D eigenvalue weighted by atomic mass is 35.5. The third kappa shape index (κ3) is 2.51. The van der Waals surface area contributed by atoms with Crippen LogP contribution >= 0.6 is 11.6 Å². The predicted octanol–water partition coefficient (Wildman–Crippen LogP) is 4.20. The van der Waals surface area contributed by atoms with E-state index < -0.39 is 11.4 Å². The number of carboxylic acids is 1. The zero-order valence-electron chi connectivity index (χ0n) is 12.0. The number of hydrogen-bond donors (Lipinski definition) is 1. The van der Waals surface area contributed by atoms with Gasteiger partial charge in [0.1, 0.15) is 5.75 Å². The molecular formula is C16H21ClO3. The highest BCUT2D eigenvalue weighted by Crippen LogP contribution is 2.45. The molecule has 0 unspecified atom stereocenters. The molecule has 0 atom stereocenters. The van der Waals surface area contributed by atoms with Crippen molar-refractivity contribution >= 4 is 17.6 Å². The minimum atomic E-state index is -0.849. The van der Waals surface area contributed by atoms with Crippen LogP contribution in [-0.4, -0.2) is 18.2 Å². The molecule has 0 heterocycles. The lowest BCUT2D eigenvalue weighted by atomic mass is 9.68. The Bertz CT molecular complexity index is 505. The number of ether oxygens (including phenoxy) is 1. The molecule has 1 saturated carbocycles. The van der Waals surface area contributed by atoms with Crippen LogP contribution in [0.25, 0.3) is 0 Å². The first-order valence-electron chi connectivity index (χ1n) is 7.15. The summed E-state index contributed by atoms with van der Waals surface area (Å²) in [5.41, 5.74) is 0.871. The Balaban J connectivity index is 2.64. The molecule has 0 aliphatic heterocycles. The summed E-state index contributed by atoms with van der Waals surface area (Å²) in [7, 11) is 1.60.